The first-order chi connectivity index (χ1) is 13.5. The van der Waals surface area contributed by atoms with Crippen LogP contribution in [0.3, 0.4) is 0 Å². The Bertz CT molecular complexity index is 1040. The monoisotopic (exact) mass is 454 g/mol. The zero-order valence-corrected chi connectivity index (χ0v) is 17.7. The van der Waals surface area contributed by atoms with Gasteiger partial charge >= 0.3 is 0 Å². The molecule has 3 aromatic rings. The molecule has 2 N–H and O–H groups in total. The lowest BCUT2D eigenvalue weighted by Gasteiger charge is -2.11. The van der Waals surface area contributed by atoms with Gasteiger partial charge in [0.1, 0.15) is 4.90 Å². The fourth-order valence-electron chi connectivity index (χ4n) is 2.55. The van der Waals surface area contributed by atoms with E-state index in [0.29, 0.717) is 12.2 Å². The fourth-order valence-corrected chi connectivity index (χ4v) is 4.14. The first-order valence-corrected chi connectivity index (χ1v) is 10.4. The maximum atomic E-state index is 12.7. The van der Waals surface area contributed by atoms with Crippen LogP contribution < -0.4 is 10.0 Å². The lowest BCUT2D eigenvalue weighted by atomic mass is 10.2. The molecule has 1 heterocycles. The van der Waals surface area contributed by atoms with Crippen molar-refractivity contribution in [1.29, 1.82) is 0 Å². The van der Waals surface area contributed by atoms with Gasteiger partial charge in [0.15, 0.2) is 0 Å². The number of halogens is 2. The molecule has 0 aliphatic rings. The van der Waals surface area contributed by atoms with E-state index in [-0.39, 0.29) is 33.8 Å². The van der Waals surface area contributed by atoms with Gasteiger partial charge in [0.25, 0.3) is 15.9 Å². The van der Waals surface area contributed by atoms with Crippen molar-refractivity contribution < 1.29 is 13.2 Å². The minimum Gasteiger partial charge on any atom is -0.352 e. The second-order valence-corrected chi connectivity index (χ2v) is 8.08. The molecule has 0 atom stereocenters. The van der Waals surface area contributed by atoms with Crippen molar-refractivity contribution in [3.63, 3.8) is 0 Å². The first kappa shape index (κ1) is 22.7. The van der Waals surface area contributed by atoms with Crippen LogP contribution in [-0.4, -0.2) is 30.4 Å². The van der Waals surface area contributed by atoms with Crippen molar-refractivity contribution in [2.75, 3.05) is 11.3 Å². The van der Waals surface area contributed by atoms with Gasteiger partial charge in [-0.2, -0.15) is 0 Å². The van der Waals surface area contributed by atoms with Crippen LogP contribution in [0.25, 0.3) is 0 Å². The number of carbonyl (C=O) groups is 1. The minimum absolute atomic E-state index is 0. The Hall–Kier alpha value is -2.55. The average Bonchev–Trinajstić information content (AvgIpc) is 3.19. The highest BCUT2D eigenvalue weighted by atomic mass is 35.5. The number of sulfonamides is 1. The summed E-state index contributed by atoms with van der Waals surface area (Å²) in [5, 5.41) is 2.82. The number of aryl methyl sites for hydroxylation is 1. The van der Waals surface area contributed by atoms with Gasteiger partial charge in [-0.05, 0) is 36.8 Å². The molecule has 0 saturated heterocycles. The van der Waals surface area contributed by atoms with E-state index in [2.05, 4.69) is 15.0 Å². The zero-order chi connectivity index (χ0) is 20.0. The van der Waals surface area contributed by atoms with E-state index in [9.17, 15) is 13.2 Å². The number of carbonyl (C=O) groups excluding carboxylic acids is 1. The summed E-state index contributed by atoms with van der Waals surface area (Å²) in [7, 11) is -3.93. The summed E-state index contributed by atoms with van der Waals surface area (Å²) in [5.74, 6) is -0.363. The van der Waals surface area contributed by atoms with Gasteiger partial charge in [-0.25, -0.2) is 13.4 Å². The largest absolute Gasteiger partial charge is 0.352 e. The number of para-hydroxylation sites is 1. The fraction of sp³-hybridized carbons (Fsp3) is 0.158. The number of nitrogens with zero attached hydrogens (tertiary/aromatic N) is 2. The third-order valence-electron chi connectivity index (χ3n) is 3.95. The number of hydrogen-bond acceptors (Lipinski definition) is 4. The molecule has 29 heavy (non-hydrogen) atoms. The van der Waals surface area contributed by atoms with Crippen molar-refractivity contribution >= 4 is 45.6 Å². The lowest BCUT2D eigenvalue weighted by molar-refractivity contribution is 0.0952. The van der Waals surface area contributed by atoms with Crippen molar-refractivity contribution in [2.45, 2.75) is 17.9 Å². The lowest BCUT2D eigenvalue weighted by Crippen LogP contribution is -2.25. The van der Waals surface area contributed by atoms with E-state index >= 15 is 0 Å². The molecule has 0 saturated carbocycles. The Balaban J connectivity index is 0.00000300. The van der Waals surface area contributed by atoms with Gasteiger partial charge in [-0.3, -0.25) is 9.52 Å². The van der Waals surface area contributed by atoms with E-state index in [1.54, 1.807) is 42.9 Å². The predicted octanol–water partition coefficient (Wildman–Crippen LogP) is 3.58. The molecule has 3 rings (SSSR count). The van der Waals surface area contributed by atoms with E-state index < -0.39 is 10.0 Å². The maximum Gasteiger partial charge on any atom is 0.263 e. The summed E-state index contributed by atoms with van der Waals surface area (Å²) >= 11 is 6.08. The third kappa shape index (κ3) is 6.22. The Morgan fingerprint density at radius 1 is 1.14 bits per heavy atom. The number of aromatic nitrogens is 2. The number of amides is 1. The topological polar surface area (TPSA) is 93.1 Å². The molecule has 10 heteroatoms. The highest BCUT2D eigenvalue weighted by molar-refractivity contribution is 7.92. The standard InChI is InChI=1S/C19H19ClN4O3S.ClH/c20-17-8-7-15(19(25)22-9-4-11-24-12-10-21-14-24)13-18(17)28(26,27)23-16-5-2-1-3-6-16;/h1-3,5-8,10,12-14,23H,4,9,11H2,(H,22,25);1H. The van der Waals surface area contributed by atoms with Gasteiger partial charge in [-0.1, -0.05) is 29.8 Å². The molecular formula is C19H20Cl2N4O3S. The molecule has 0 aliphatic heterocycles. The Morgan fingerprint density at radius 3 is 2.59 bits per heavy atom. The summed E-state index contributed by atoms with van der Waals surface area (Å²) in [5.41, 5.74) is 0.633. The SMILES string of the molecule is Cl.O=C(NCCCn1ccnc1)c1ccc(Cl)c(S(=O)(=O)Nc2ccccc2)c1. The Labute approximate surface area is 180 Å². The van der Waals surface area contributed by atoms with Crippen molar-refractivity contribution in [3.8, 4) is 0 Å². The quantitative estimate of drug-likeness (QED) is 0.508. The second-order valence-electron chi connectivity index (χ2n) is 6.03. The molecule has 0 aliphatic carbocycles. The molecular weight excluding hydrogens is 435 g/mol. The normalized spacial score (nSPS) is 10.8. The average molecular weight is 455 g/mol. The maximum absolute atomic E-state index is 12.7. The number of benzene rings is 2. The summed E-state index contributed by atoms with van der Waals surface area (Å²) in [4.78, 5) is 16.2. The van der Waals surface area contributed by atoms with Gasteiger partial charge in [0.05, 0.1) is 11.3 Å². The summed E-state index contributed by atoms with van der Waals surface area (Å²) in [6.45, 7) is 1.17. The number of rotatable bonds is 8. The number of anilines is 1. The molecule has 0 fully saturated rings. The van der Waals surface area contributed by atoms with Crippen molar-refractivity contribution in [3.05, 3.63) is 77.8 Å². The highest BCUT2D eigenvalue weighted by Crippen LogP contribution is 2.25. The molecule has 1 amide bonds. The van der Waals surface area contributed by atoms with Crippen LogP contribution in [0, 0.1) is 0 Å². The zero-order valence-electron chi connectivity index (χ0n) is 15.3. The third-order valence-corrected chi connectivity index (χ3v) is 5.81. The molecule has 0 radical (unpaired) electrons. The smallest absolute Gasteiger partial charge is 0.263 e. The molecule has 0 unspecified atom stereocenters. The first-order valence-electron chi connectivity index (χ1n) is 8.57. The van der Waals surface area contributed by atoms with Crippen molar-refractivity contribution in [2.24, 2.45) is 0 Å². The molecule has 1 aromatic heterocycles. The summed E-state index contributed by atoms with van der Waals surface area (Å²) in [6.07, 6.45) is 5.96. The molecule has 2 aromatic carbocycles. The van der Waals surface area contributed by atoms with E-state index in [4.69, 9.17) is 11.6 Å². The van der Waals surface area contributed by atoms with Crippen LogP contribution in [0.1, 0.15) is 16.8 Å². The van der Waals surface area contributed by atoms with Crippen LogP contribution in [0.4, 0.5) is 5.69 Å². The second kappa shape index (κ2) is 10.3. The van der Waals surface area contributed by atoms with Gasteiger partial charge in [-0.15, -0.1) is 12.4 Å². The highest BCUT2D eigenvalue weighted by Gasteiger charge is 2.20. The summed E-state index contributed by atoms with van der Waals surface area (Å²) in [6, 6.07) is 12.6. The van der Waals surface area contributed by atoms with E-state index in [1.165, 1.54) is 18.2 Å². The molecule has 154 valence electrons. The van der Waals surface area contributed by atoms with Gasteiger partial charge < -0.3 is 9.88 Å². The number of hydrogen-bond donors (Lipinski definition) is 2. The van der Waals surface area contributed by atoms with Gasteiger partial charge in [0, 0.05) is 36.7 Å². The van der Waals surface area contributed by atoms with Gasteiger partial charge in [0.2, 0.25) is 0 Å². The molecule has 7 nitrogen and oxygen atoms in total. The van der Waals surface area contributed by atoms with Crippen LogP contribution >= 0.6 is 24.0 Å². The van der Waals surface area contributed by atoms with Crippen LogP contribution in [0.2, 0.25) is 5.02 Å². The van der Waals surface area contributed by atoms with Crippen LogP contribution in [-0.2, 0) is 16.6 Å². The number of imidazole rings is 1. The number of nitrogens with one attached hydrogen (secondary N) is 2. The molecule has 0 bridgehead atoms. The molecule has 0 spiro atoms. The van der Waals surface area contributed by atoms with Crippen LogP contribution in [0.5, 0.6) is 0 Å². The van der Waals surface area contributed by atoms with E-state index in [1.807, 2.05) is 10.8 Å². The van der Waals surface area contributed by atoms with Crippen molar-refractivity contribution in [1.82, 2.24) is 14.9 Å². The Morgan fingerprint density at radius 2 is 1.90 bits per heavy atom. The predicted molar refractivity (Wildman–Crippen MR) is 115 cm³/mol. The minimum atomic E-state index is -3.93. The van der Waals surface area contributed by atoms with Crippen LogP contribution in [0.15, 0.2) is 72.1 Å². The van der Waals surface area contributed by atoms with E-state index in [0.717, 1.165) is 13.0 Å². The Kier molecular flexibility index (Phi) is 8.07. The summed E-state index contributed by atoms with van der Waals surface area (Å²) < 4.78 is 29.7.